The first-order chi connectivity index (χ1) is 11.2. The Kier molecular flexibility index (Phi) is 4.37. The number of hydrogen-bond donors (Lipinski definition) is 1. The van der Waals surface area contributed by atoms with E-state index in [9.17, 15) is 9.59 Å². The van der Waals surface area contributed by atoms with Gasteiger partial charge in [-0.15, -0.1) is 5.10 Å². The molecule has 3 rings (SSSR count). The normalized spacial score (nSPS) is 10.6. The number of fused-ring (bicyclic) bond motifs is 1. The van der Waals surface area contributed by atoms with Crippen LogP contribution in [0.25, 0.3) is 10.9 Å². The van der Waals surface area contributed by atoms with Gasteiger partial charge in [-0.2, -0.15) is 0 Å². The van der Waals surface area contributed by atoms with Crippen molar-refractivity contribution < 1.29 is 4.79 Å². The molecule has 7 nitrogen and oxygen atoms in total. The van der Waals surface area contributed by atoms with Gasteiger partial charge >= 0.3 is 0 Å². The summed E-state index contributed by atoms with van der Waals surface area (Å²) >= 11 is 0. The average Bonchev–Trinajstić information content (AvgIpc) is 2.59. The molecule has 0 spiro atoms. The number of carbonyl (C=O) groups excluding carboxylic acids is 1. The number of carbonyl (C=O) groups is 1. The van der Waals surface area contributed by atoms with Gasteiger partial charge in [0.15, 0.2) is 0 Å². The fourth-order valence-corrected chi connectivity index (χ4v) is 2.21. The zero-order valence-corrected chi connectivity index (χ0v) is 12.3. The molecule has 1 aromatic carbocycles. The Morgan fingerprint density at radius 1 is 1.13 bits per heavy atom. The highest BCUT2D eigenvalue weighted by atomic mass is 16.2. The number of amides is 1. The number of hydrogen-bond acceptors (Lipinski definition) is 5. The van der Waals surface area contributed by atoms with Crippen molar-refractivity contribution in [3.05, 3.63) is 64.7 Å². The molecule has 0 bridgehead atoms. The van der Waals surface area contributed by atoms with E-state index >= 15 is 0 Å². The van der Waals surface area contributed by atoms with Crippen molar-refractivity contribution in [1.29, 1.82) is 0 Å². The number of nitrogens with one attached hydrogen (secondary N) is 1. The summed E-state index contributed by atoms with van der Waals surface area (Å²) in [6, 6.07) is 10.7. The topological polar surface area (TPSA) is 89.8 Å². The molecule has 0 unspecified atom stereocenters. The Morgan fingerprint density at radius 3 is 2.74 bits per heavy atom. The predicted octanol–water partition coefficient (Wildman–Crippen LogP) is 0.545. The second kappa shape index (κ2) is 6.78. The minimum absolute atomic E-state index is 0.146. The Hall–Kier alpha value is -3.09. The highest BCUT2D eigenvalue weighted by molar-refractivity contribution is 5.78. The van der Waals surface area contributed by atoms with E-state index in [1.807, 2.05) is 12.1 Å². The zero-order chi connectivity index (χ0) is 16.1. The largest absolute Gasteiger partial charge is 0.354 e. The zero-order valence-electron chi connectivity index (χ0n) is 12.3. The molecule has 2 aromatic heterocycles. The molecular formula is C16H15N5O2. The molecule has 0 radical (unpaired) electrons. The van der Waals surface area contributed by atoms with Gasteiger partial charge in [0.1, 0.15) is 12.1 Å². The molecule has 2 heterocycles. The standard InChI is InChI=1S/C16H15N5O2/c22-15(18-10-7-12-5-8-17-9-6-12)11-21-16(23)13-3-1-2-4-14(13)19-20-21/h1-6,8-9H,7,10-11H2,(H,18,22). The Labute approximate surface area is 132 Å². The number of rotatable bonds is 5. The van der Waals surface area contributed by atoms with Crippen LogP contribution in [0.1, 0.15) is 5.56 Å². The minimum Gasteiger partial charge on any atom is -0.354 e. The van der Waals surface area contributed by atoms with Crippen LogP contribution >= 0.6 is 0 Å². The van der Waals surface area contributed by atoms with Crippen molar-refractivity contribution in [3.63, 3.8) is 0 Å². The van der Waals surface area contributed by atoms with Crippen LogP contribution < -0.4 is 10.9 Å². The van der Waals surface area contributed by atoms with Crippen LogP contribution in [-0.4, -0.2) is 32.4 Å². The van der Waals surface area contributed by atoms with E-state index in [0.29, 0.717) is 23.9 Å². The molecule has 0 saturated heterocycles. The lowest BCUT2D eigenvalue weighted by Gasteiger charge is -2.06. The molecule has 3 aromatic rings. The quantitative estimate of drug-likeness (QED) is 0.743. The minimum atomic E-state index is -0.320. The summed E-state index contributed by atoms with van der Waals surface area (Å²) in [7, 11) is 0. The molecule has 0 aliphatic heterocycles. The molecule has 0 fully saturated rings. The average molecular weight is 309 g/mol. The Balaban J connectivity index is 1.62. The van der Waals surface area contributed by atoms with Gasteiger partial charge in [-0.3, -0.25) is 14.6 Å². The van der Waals surface area contributed by atoms with E-state index in [1.54, 1.807) is 36.7 Å². The Morgan fingerprint density at radius 2 is 1.91 bits per heavy atom. The van der Waals surface area contributed by atoms with Gasteiger partial charge < -0.3 is 5.32 Å². The van der Waals surface area contributed by atoms with Crippen molar-refractivity contribution in [3.8, 4) is 0 Å². The maximum Gasteiger partial charge on any atom is 0.278 e. The first-order valence-corrected chi connectivity index (χ1v) is 7.22. The number of nitrogens with zero attached hydrogens (tertiary/aromatic N) is 4. The lowest BCUT2D eigenvalue weighted by atomic mass is 10.2. The summed E-state index contributed by atoms with van der Waals surface area (Å²) in [6.45, 7) is 0.339. The van der Waals surface area contributed by atoms with Crippen LogP contribution in [0.2, 0.25) is 0 Å². The summed E-state index contributed by atoms with van der Waals surface area (Å²) in [6.07, 6.45) is 4.12. The van der Waals surface area contributed by atoms with Crippen molar-refractivity contribution in [1.82, 2.24) is 25.3 Å². The van der Waals surface area contributed by atoms with Crippen molar-refractivity contribution in [2.24, 2.45) is 0 Å². The van der Waals surface area contributed by atoms with Crippen molar-refractivity contribution >= 4 is 16.8 Å². The van der Waals surface area contributed by atoms with Crippen molar-refractivity contribution in [2.75, 3.05) is 6.54 Å². The summed E-state index contributed by atoms with van der Waals surface area (Å²) in [5.41, 5.74) is 1.29. The van der Waals surface area contributed by atoms with Crippen LogP contribution in [-0.2, 0) is 17.8 Å². The van der Waals surface area contributed by atoms with Crippen molar-refractivity contribution in [2.45, 2.75) is 13.0 Å². The first-order valence-electron chi connectivity index (χ1n) is 7.22. The maximum absolute atomic E-state index is 12.2. The van der Waals surface area contributed by atoms with Gasteiger partial charge in [0, 0.05) is 18.9 Å². The smallest absolute Gasteiger partial charge is 0.278 e. The van der Waals surface area contributed by atoms with E-state index in [0.717, 1.165) is 10.2 Å². The van der Waals surface area contributed by atoms with E-state index in [1.165, 1.54) is 0 Å². The van der Waals surface area contributed by atoms with Crippen LogP contribution in [0, 0.1) is 0 Å². The molecule has 0 atom stereocenters. The van der Waals surface area contributed by atoms with Gasteiger partial charge in [-0.25, -0.2) is 4.68 Å². The molecule has 0 saturated carbocycles. The molecule has 1 amide bonds. The summed E-state index contributed by atoms with van der Waals surface area (Å²) < 4.78 is 1.07. The SMILES string of the molecule is O=C(Cn1nnc2ccccc2c1=O)NCCc1ccncc1. The molecule has 1 N–H and O–H groups in total. The highest BCUT2D eigenvalue weighted by Crippen LogP contribution is 2.03. The number of pyridine rings is 1. The molecule has 0 aliphatic rings. The third kappa shape index (κ3) is 3.57. The molecule has 7 heteroatoms. The van der Waals surface area contributed by atoms with Crippen LogP contribution in [0.4, 0.5) is 0 Å². The van der Waals surface area contributed by atoms with Gasteiger partial charge in [-0.05, 0) is 36.2 Å². The van der Waals surface area contributed by atoms with Gasteiger partial charge in [0.2, 0.25) is 5.91 Å². The third-order valence-electron chi connectivity index (χ3n) is 3.41. The summed E-state index contributed by atoms with van der Waals surface area (Å²) in [5.74, 6) is -0.272. The monoisotopic (exact) mass is 309 g/mol. The first kappa shape index (κ1) is 14.8. The second-order valence-electron chi connectivity index (χ2n) is 5.02. The molecular weight excluding hydrogens is 294 g/mol. The van der Waals surface area contributed by atoms with Gasteiger partial charge in [0.05, 0.1) is 5.39 Å². The third-order valence-corrected chi connectivity index (χ3v) is 3.41. The van der Waals surface area contributed by atoms with E-state index in [2.05, 4.69) is 20.6 Å². The number of benzene rings is 1. The van der Waals surface area contributed by atoms with Gasteiger partial charge in [0.25, 0.3) is 5.56 Å². The Bertz CT molecular complexity index is 876. The molecule has 0 aliphatic carbocycles. The van der Waals surface area contributed by atoms with Crippen LogP contribution in [0.15, 0.2) is 53.6 Å². The number of aromatic nitrogens is 4. The van der Waals surface area contributed by atoms with Crippen LogP contribution in [0.3, 0.4) is 0 Å². The van der Waals surface area contributed by atoms with Crippen LogP contribution in [0.5, 0.6) is 0 Å². The highest BCUT2D eigenvalue weighted by Gasteiger charge is 2.08. The van der Waals surface area contributed by atoms with E-state index in [-0.39, 0.29) is 18.0 Å². The lowest BCUT2D eigenvalue weighted by Crippen LogP contribution is -2.35. The second-order valence-corrected chi connectivity index (χ2v) is 5.02. The summed E-state index contributed by atoms with van der Waals surface area (Å²) in [4.78, 5) is 28.1. The summed E-state index contributed by atoms with van der Waals surface area (Å²) in [5, 5.41) is 11.0. The lowest BCUT2D eigenvalue weighted by molar-refractivity contribution is -0.121. The fourth-order valence-electron chi connectivity index (χ4n) is 2.21. The van der Waals surface area contributed by atoms with Gasteiger partial charge in [-0.1, -0.05) is 17.3 Å². The fraction of sp³-hybridized carbons (Fsp3) is 0.188. The van der Waals surface area contributed by atoms with E-state index in [4.69, 9.17) is 0 Å². The maximum atomic E-state index is 12.2. The van der Waals surface area contributed by atoms with E-state index < -0.39 is 0 Å². The molecule has 116 valence electrons. The molecule has 23 heavy (non-hydrogen) atoms. The predicted molar refractivity (Wildman–Crippen MR) is 84.7 cm³/mol.